The van der Waals surface area contributed by atoms with Crippen LogP contribution in [0.15, 0.2) is 53.5 Å². The lowest BCUT2D eigenvalue weighted by Crippen LogP contribution is -2.45. The van der Waals surface area contributed by atoms with Gasteiger partial charge in [0, 0.05) is 44.8 Å². The second-order valence-electron chi connectivity index (χ2n) is 7.20. The van der Waals surface area contributed by atoms with Crippen molar-refractivity contribution in [1.29, 1.82) is 0 Å². The fourth-order valence-electron chi connectivity index (χ4n) is 3.86. The van der Waals surface area contributed by atoms with Crippen molar-refractivity contribution in [2.75, 3.05) is 38.2 Å². The lowest BCUT2D eigenvalue weighted by molar-refractivity contribution is 0.357. The van der Waals surface area contributed by atoms with Crippen LogP contribution in [0.2, 0.25) is 0 Å². The third-order valence-corrected chi connectivity index (χ3v) is 5.33. The maximum absolute atomic E-state index is 5.58. The second-order valence-corrected chi connectivity index (χ2v) is 7.20. The van der Waals surface area contributed by atoms with Crippen LogP contribution in [0.25, 0.3) is 0 Å². The number of ether oxygens (including phenoxy) is 1. The van der Waals surface area contributed by atoms with E-state index in [2.05, 4.69) is 69.1 Å². The molecule has 1 fully saturated rings. The first-order chi connectivity index (χ1) is 13.3. The Hall–Kier alpha value is -1.96. The summed E-state index contributed by atoms with van der Waals surface area (Å²) in [4.78, 5) is 6.82. The Bertz CT molecular complexity index is 796. The molecule has 0 spiro atoms. The summed E-state index contributed by atoms with van der Waals surface area (Å²) in [6, 6.07) is 17.6. The fourth-order valence-corrected chi connectivity index (χ4v) is 3.86. The predicted octanol–water partition coefficient (Wildman–Crippen LogP) is 3.23. The van der Waals surface area contributed by atoms with Crippen LogP contribution < -0.4 is 20.3 Å². The normalized spacial score (nSPS) is 18.2. The van der Waals surface area contributed by atoms with E-state index in [1.54, 1.807) is 0 Å². The van der Waals surface area contributed by atoms with Gasteiger partial charge in [-0.1, -0.05) is 30.3 Å². The molecule has 4 rings (SSSR count). The van der Waals surface area contributed by atoms with E-state index in [0.29, 0.717) is 6.04 Å². The Morgan fingerprint density at radius 2 is 2.07 bits per heavy atom. The van der Waals surface area contributed by atoms with E-state index >= 15 is 0 Å². The molecule has 0 aromatic heterocycles. The Balaban J connectivity index is 0.00000225. The molecule has 0 saturated carbocycles. The summed E-state index contributed by atoms with van der Waals surface area (Å²) in [6.07, 6.45) is 3.13. The zero-order valence-electron chi connectivity index (χ0n) is 16.4. The smallest absolute Gasteiger partial charge is 0.191 e. The number of nitrogens with one attached hydrogen (secondary N) is 2. The number of hydrogen-bond donors (Lipinski definition) is 2. The summed E-state index contributed by atoms with van der Waals surface area (Å²) >= 11 is 0. The van der Waals surface area contributed by atoms with Crippen molar-refractivity contribution in [2.24, 2.45) is 4.99 Å². The number of anilines is 1. The highest BCUT2D eigenvalue weighted by atomic mass is 127. The molecule has 0 radical (unpaired) electrons. The minimum Gasteiger partial charge on any atom is -0.493 e. The van der Waals surface area contributed by atoms with Crippen LogP contribution in [0.4, 0.5) is 5.69 Å². The fraction of sp³-hybridized carbons (Fsp3) is 0.409. The molecule has 6 heteroatoms. The summed E-state index contributed by atoms with van der Waals surface area (Å²) in [6.45, 7) is 3.77. The van der Waals surface area contributed by atoms with Gasteiger partial charge in [-0.3, -0.25) is 4.99 Å². The maximum Gasteiger partial charge on any atom is 0.191 e. The Morgan fingerprint density at radius 1 is 1.21 bits per heavy atom. The van der Waals surface area contributed by atoms with Crippen LogP contribution >= 0.6 is 24.0 Å². The highest BCUT2D eigenvalue weighted by Gasteiger charge is 2.23. The van der Waals surface area contributed by atoms with Crippen molar-refractivity contribution in [3.63, 3.8) is 0 Å². The van der Waals surface area contributed by atoms with E-state index in [4.69, 9.17) is 4.74 Å². The number of hydrogen-bond acceptors (Lipinski definition) is 3. The molecule has 2 aromatic rings. The highest BCUT2D eigenvalue weighted by Crippen LogP contribution is 2.26. The number of rotatable bonds is 5. The number of fused-ring (bicyclic) bond motifs is 1. The van der Waals surface area contributed by atoms with Gasteiger partial charge in [0.05, 0.1) is 6.61 Å². The molecule has 1 unspecified atom stereocenters. The quantitative estimate of drug-likeness (QED) is 0.383. The zero-order valence-corrected chi connectivity index (χ0v) is 18.7. The van der Waals surface area contributed by atoms with E-state index in [1.165, 1.54) is 16.8 Å². The first-order valence-corrected chi connectivity index (χ1v) is 9.83. The lowest BCUT2D eigenvalue weighted by Gasteiger charge is -2.20. The van der Waals surface area contributed by atoms with Crippen LogP contribution in [0.1, 0.15) is 17.5 Å². The third-order valence-electron chi connectivity index (χ3n) is 5.33. The second kappa shape index (κ2) is 10.0. The van der Waals surface area contributed by atoms with Gasteiger partial charge in [-0.05, 0) is 42.2 Å². The summed E-state index contributed by atoms with van der Waals surface area (Å²) in [5.41, 5.74) is 3.98. The van der Waals surface area contributed by atoms with Crippen LogP contribution in [-0.2, 0) is 12.8 Å². The van der Waals surface area contributed by atoms with Crippen LogP contribution in [-0.4, -0.2) is 45.3 Å². The molecule has 0 aliphatic carbocycles. The van der Waals surface area contributed by atoms with E-state index in [9.17, 15) is 0 Å². The minimum atomic E-state index is 0. The first-order valence-electron chi connectivity index (χ1n) is 9.83. The molecule has 1 atom stereocenters. The van der Waals surface area contributed by atoms with Gasteiger partial charge < -0.3 is 20.3 Å². The predicted molar refractivity (Wildman–Crippen MR) is 126 cm³/mol. The zero-order chi connectivity index (χ0) is 18.5. The SMILES string of the molecule is CN=C(NCCc1ccc2c(c1)CCO2)NC1CCN(c2ccccc2)C1.I. The molecule has 5 nitrogen and oxygen atoms in total. The van der Waals surface area contributed by atoms with Crippen LogP contribution in [0.3, 0.4) is 0 Å². The molecule has 2 aliphatic rings. The molecule has 2 N–H and O–H groups in total. The molecule has 0 amide bonds. The largest absolute Gasteiger partial charge is 0.493 e. The van der Waals surface area contributed by atoms with Gasteiger partial charge in [0.1, 0.15) is 5.75 Å². The van der Waals surface area contributed by atoms with Gasteiger partial charge in [-0.2, -0.15) is 0 Å². The Morgan fingerprint density at radius 3 is 2.89 bits per heavy atom. The summed E-state index contributed by atoms with van der Waals surface area (Å²) in [7, 11) is 1.84. The van der Waals surface area contributed by atoms with Crippen molar-refractivity contribution in [2.45, 2.75) is 25.3 Å². The average molecular weight is 492 g/mol. The number of benzene rings is 2. The number of para-hydroxylation sites is 1. The molecule has 1 saturated heterocycles. The van der Waals surface area contributed by atoms with E-state index < -0.39 is 0 Å². The topological polar surface area (TPSA) is 48.9 Å². The van der Waals surface area contributed by atoms with E-state index in [1.807, 2.05) is 7.05 Å². The van der Waals surface area contributed by atoms with E-state index in [-0.39, 0.29) is 24.0 Å². The Labute approximate surface area is 184 Å². The summed E-state index contributed by atoms with van der Waals surface area (Å²) in [5.74, 6) is 1.94. The standard InChI is InChI=1S/C22H28N4O.HI/c1-23-22(24-12-9-17-7-8-21-18(15-17)11-14-27-21)25-19-10-13-26(16-19)20-5-3-2-4-6-20;/h2-8,15,19H,9-14,16H2,1H3,(H2,23,24,25);1H. The van der Waals surface area contributed by atoms with Gasteiger partial charge in [-0.25, -0.2) is 0 Å². The van der Waals surface area contributed by atoms with Gasteiger partial charge in [-0.15, -0.1) is 24.0 Å². The molecular formula is C22H29IN4O. The van der Waals surface area contributed by atoms with E-state index in [0.717, 1.165) is 57.2 Å². The van der Waals surface area contributed by atoms with Crippen LogP contribution in [0.5, 0.6) is 5.75 Å². The number of guanidine groups is 1. The van der Waals surface area contributed by atoms with Crippen molar-refractivity contribution in [1.82, 2.24) is 10.6 Å². The molecule has 2 heterocycles. The Kier molecular flexibility index (Phi) is 7.42. The van der Waals surface area contributed by atoms with Crippen molar-refractivity contribution >= 4 is 35.6 Å². The third kappa shape index (κ3) is 5.10. The first kappa shape index (κ1) is 20.8. The van der Waals surface area contributed by atoms with Gasteiger partial charge in [0.15, 0.2) is 5.96 Å². The van der Waals surface area contributed by atoms with Gasteiger partial charge >= 0.3 is 0 Å². The number of halogens is 1. The van der Waals surface area contributed by atoms with Crippen LogP contribution in [0, 0.1) is 0 Å². The summed E-state index contributed by atoms with van der Waals surface area (Å²) < 4.78 is 5.58. The highest BCUT2D eigenvalue weighted by molar-refractivity contribution is 14.0. The molecule has 28 heavy (non-hydrogen) atoms. The van der Waals surface area contributed by atoms with Crippen molar-refractivity contribution < 1.29 is 4.74 Å². The monoisotopic (exact) mass is 492 g/mol. The number of nitrogens with zero attached hydrogens (tertiary/aromatic N) is 2. The molecule has 2 aliphatic heterocycles. The average Bonchev–Trinajstić information content (AvgIpc) is 3.37. The lowest BCUT2D eigenvalue weighted by atomic mass is 10.1. The number of aliphatic imine (C=N–C) groups is 1. The van der Waals surface area contributed by atoms with Crippen molar-refractivity contribution in [3.8, 4) is 5.75 Å². The summed E-state index contributed by atoms with van der Waals surface area (Å²) in [5, 5.41) is 7.03. The molecular weight excluding hydrogens is 463 g/mol. The molecule has 2 aromatic carbocycles. The maximum atomic E-state index is 5.58. The molecule has 0 bridgehead atoms. The minimum absolute atomic E-state index is 0. The van der Waals surface area contributed by atoms with Gasteiger partial charge in [0.2, 0.25) is 0 Å². The van der Waals surface area contributed by atoms with Gasteiger partial charge in [0.25, 0.3) is 0 Å². The molecule has 150 valence electrons. The van der Waals surface area contributed by atoms with Crippen molar-refractivity contribution in [3.05, 3.63) is 59.7 Å².